The molecule has 1 aromatic rings. The molecule has 1 amide bonds. The van der Waals surface area contributed by atoms with Gasteiger partial charge in [0.1, 0.15) is 5.75 Å². The van der Waals surface area contributed by atoms with Crippen LogP contribution in [0.3, 0.4) is 0 Å². The van der Waals surface area contributed by atoms with E-state index in [4.69, 9.17) is 16.3 Å². The van der Waals surface area contributed by atoms with Crippen LogP contribution in [-0.4, -0.2) is 55.5 Å². The molecular weight excluding hydrogens is 276 g/mol. The molecule has 0 N–H and O–H groups in total. The van der Waals surface area contributed by atoms with E-state index in [-0.39, 0.29) is 12.5 Å². The monoisotopic (exact) mass is 296 g/mol. The highest BCUT2D eigenvalue weighted by atomic mass is 35.5. The summed E-state index contributed by atoms with van der Waals surface area (Å²) in [6.45, 7) is 7.35. The second-order valence-electron chi connectivity index (χ2n) is 5.34. The zero-order valence-corrected chi connectivity index (χ0v) is 13.0. The first-order valence-electron chi connectivity index (χ1n) is 6.83. The van der Waals surface area contributed by atoms with Crippen LogP contribution in [0, 0.1) is 13.8 Å². The third kappa shape index (κ3) is 3.64. The molecule has 0 saturated carbocycles. The fraction of sp³-hybridized carbons (Fsp3) is 0.533. The van der Waals surface area contributed by atoms with Crippen molar-refractivity contribution < 1.29 is 9.53 Å². The highest BCUT2D eigenvalue weighted by Gasteiger charge is 2.19. The molecule has 0 aliphatic carbocycles. The number of likely N-dealkylation sites (N-methyl/N-ethyl adjacent to an activating group) is 1. The van der Waals surface area contributed by atoms with Crippen LogP contribution in [-0.2, 0) is 4.79 Å². The van der Waals surface area contributed by atoms with Crippen molar-refractivity contribution in [2.45, 2.75) is 13.8 Å². The Morgan fingerprint density at radius 3 is 2.30 bits per heavy atom. The molecular formula is C15H21ClN2O2. The number of hydrogen-bond donors (Lipinski definition) is 0. The molecule has 20 heavy (non-hydrogen) atoms. The van der Waals surface area contributed by atoms with Crippen LogP contribution in [0.1, 0.15) is 11.1 Å². The van der Waals surface area contributed by atoms with E-state index in [0.29, 0.717) is 5.75 Å². The predicted octanol–water partition coefficient (Wildman–Crippen LogP) is 2.11. The third-order valence-electron chi connectivity index (χ3n) is 3.63. The van der Waals surface area contributed by atoms with E-state index in [2.05, 4.69) is 11.9 Å². The molecule has 2 rings (SSSR count). The number of benzene rings is 1. The van der Waals surface area contributed by atoms with E-state index in [1.807, 2.05) is 30.9 Å². The number of nitrogens with zero attached hydrogens (tertiary/aromatic N) is 2. The van der Waals surface area contributed by atoms with E-state index >= 15 is 0 Å². The molecule has 110 valence electrons. The zero-order chi connectivity index (χ0) is 14.7. The van der Waals surface area contributed by atoms with Crippen molar-refractivity contribution in [3.8, 4) is 5.75 Å². The molecule has 1 saturated heterocycles. The van der Waals surface area contributed by atoms with Crippen molar-refractivity contribution in [3.63, 3.8) is 0 Å². The molecule has 0 bridgehead atoms. The van der Waals surface area contributed by atoms with Crippen molar-refractivity contribution in [1.29, 1.82) is 0 Å². The fourth-order valence-corrected chi connectivity index (χ4v) is 2.39. The number of amides is 1. The largest absolute Gasteiger partial charge is 0.484 e. The Morgan fingerprint density at radius 1 is 1.20 bits per heavy atom. The van der Waals surface area contributed by atoms with Gasteiger partial charge in [-0.1, -0.05) is 11.6 Å². The summed E-state index contributed by atoms with van der Waals surface area (Å²) in [7, 11) is 2.07. The first kappa shape index (κ1) is 15.1. The van der Waals surface area contributed by atoms with Crippen LogP contribution in [0.15, 0.2) is 12.1 Å². The van der Waals surface area contributed by atoms with Gasteiger partial charge in [0.05, 0.1) is 0 Å². The average Bonchev–Trinajstić information content (AvgIpc) is 2.42. The van der Waals surface area contributed by atoms with E-state index in [0.717, 1.165) is 42.3 Å². The lowest BCUT2D eigenvalue weighted by Crippen LogP contribution is -2.48. The first-order chi connectivity index (χ1) is 9.47. The lowest BCUT2D eigenvalue weighted by molar-refractivity contribution is -0.134. The van der Waals surface area contributed by atoms with E-state index in [1.54, 1.807) is 0 Å². The second kappa shape index (κ2) is 6.46. The maximum atomic E-state index is 12.1. The summed E-state index contributed by atoms with van der Waals surface area (Å²) >= 11 is 6.11. The number of aryl methyl sites for hydroxylation is 2. The molecule has 1 aromatic carbocycles. The molecule has 0 spiro atoms. The maximum Gasteiger partial charge on any atom is 0.260 e. The van der Waals surface area contributed by atoms with Gasteiger partial charge in [0.2, 0.25) is 0 Å². The number of carbonyl (C=O) groups is 1. The third-order valence-corrected chi connectivity index (χ3v) is 4.22. The van der Waals surface area contributed by atoms with Crippen molar-refractivity contribution in [1.82, 2.24) is 9.80 Å². The minimum absolute atomic E-state index is 0.0448. The summed E-state index contributed by atoms with van der Waals surface area (Å²) in [5.74, 6) is 0.746. The van der Waals surface area contributed by atoms with Crippen molar-refractivity contribution in [2.24, 2.45) is 0 Å². The van der Waals surface area contributed by atoms with Crippen LogP contribution in [0.2, 0.25) is 5.02 Å². The zero-order valence-electron chi connectivity index (χ0n) is 12.3. The number of halogens is 1. The number of ether oxygens (including phenoxy) is 1. The molecule has 5 heteroatoms. The highest BCUT2D eigenvalue weighted by molar-refractivity contribution is 6.32. The number of carbonyl (C=O) groups excluding carboxylic acids is 1. The standard InChI is InChI=1S/C15H21ClN2O2/c1-11-8-13(9-12(2)15(11)16)20-10-14(19)18-6-4-17(3)5-7-18/h8-9H,4-7,10H2,1-3H3. The summed E-state index contributed by atoms with van der Waals surface area (Å²) < 4.78 is 5.60. The Hall–Kier alpha value is -1.26. The van der Waals surface area contributed by atoms with Gasteiger partial charge in [0.15, 0.2) is 6.61 Å². The highest BCUT2D eigenvalue weighted by Crippen LogP contribution is 2.25. The predicted molar refractivity (Wildman–Crippen MR) is 80.5 cm³/mol. The molecule has 0 radical (unpaired) electrons. The Bertz CT molecular complexity index is 474. The van der Waals surface area contributed by atoms with Crippen LogP contribution in [0.4, 0.5) is 0 Å². The van der Waals surface area contributed by atoms with Crippen molar-refractivity contribution in [3.05, 3.63) is 28.3 Å². The fourth-order valence-electron chi connectivity index (χ4n) is 2.28. The van der Waals surface area contributed by atoms with Gasteiger partial charge in [-0.15, -0.1) is 0 Å². The number of piperazine rings is 1. The van der Waals surface area contributed by atoms with Gasteiger partial charge in [-0.3, -0.25) is 4.79 Å². The molecule has 0 aromatic heterocycles. The Labute approximate surface area is 125 Å². The summed E-state index contributed by atoms with van der Waals surface area (Å²) in [4.78, 5) is 16.1. The van der Waals surface area contributed by atoms with Gasteiger partial charge in [0, 0.05) is 31.2 Å². The molecule has 1 aliphatic heterocycles. The van der Waals surface area contributed by atoms with Crippen LogP contribution in [0.25, 0.3) is 0 Å². The van der Waals surface area contributed by atoms with Crippen molar-refractivity contribution >= 4 is 17.5 Å². The van der Waals surface area contributed by atoms with E-state index < -0.39 is 0 Å². The smallest absolute Gasteiger partial charge is 0.260 e. The van der Waals surface area contributed by atoms with Gasteiger partial charge in [-0.2, -0.15) is 0 Å². The van der Waals surface area contributed by atoms with Gasteiger partial charge in [-0.25, -0.2) is 0 Å². The second-order valence-corrected chi connectivity index (χ2v) is 5.72. The van der Waals surface area contributed by atoms with E-state index in [1.165, 1.54) is 0 Å². The maximum absolute atomic E-state index is 12.1. The Balaban J connectivity index is 1.90. The normalized spacial score (nSPS) is 16.3. The summed E-state index contributed by atoms with van der Waals surface area (Å²) in [5, 5.41) is 0.753. The van der Waals surface area contributed by atoms with Gasteiger partial charge >= 0.3 is 0 Å². The van der Waals surface area contributed by atoms with Crippen LogP contribution >= 0.6 is 11.6 Å². The molecule has 0 atom stereocenters. The Morgan fingerprint density at radius 2 is 1.75 bits per heavy atom. The number of hydrogen-bond acceptors (Lipinski definition) is 3. The Kier molecular flexibility index (Phi) is 4.89. The summed E-state index contributed by atoms with van der Waals surface area (Å²) in [6.07, 6.45) is 0. The molecule has 1 fully saturated rings. The van der Waals surface area contributed by atoms with Gasteiger partial charge < -0.3 is 14.5 Å². The molecule has 1 aliphatic rings. The van der Waals surface area contributed by atoms with Gasteiger partial charge in [-0.05, 0) is 44.2 Å². The SMILES string of the molecule is Cc1cc(OCC(=O)N2CCN(C)CC2)cc(C)c1Cl. The molecule has 4 nitrogen and oxygen atoms in total. The van der Waals surface area contributed by atoms with Gasteiger partial charge in [0.25, 0.3) is 5.91 Å². The minimum Gasteiger partial charge on any atom is -0.484 e. The van der Waals surface area contributed by atoms with Crippen LogP contribution < -0.4 is 4.74 Å². The van der Waals surface area contributed by atoms with Crippen LogP contribution in [0.5, 0.6) is 5.75 Å². The van der Waals surface area contributed by atoms with Crippen molar-refractivity contribution in [2.75, 3.05) is 39.8 Å². The molecule has 1 heterocycles. The average molecular weight is 297 g/mol. The first-order valence-corrected chi connectivity index (χ1v) is 7.21. The quantitative estimate of drug-likeness (QED) is 0.856. The lowest BCUT2D eigenvalue weighted by atomic mass is 10.1. The summed E-state index contributed by atoms with van der Waals surface area (Å²) in [5.41, 5.74) is 1.93. The summed E-state index contributed by atoms with van der Waals surface area (Å²) in [6, 6.07) is 3.74. The topological polar surface area (TPSA) is 32.8 Å². The molecule has 0 unspecified atom stereocenters. The minimum atomic E-state index is 0.0448. The number of rotatable bonds is 3. The lowest BCUT2D eigenvalue weighted by Gasteiger charge is -2.32. The van der Waals surface area contributed by atoms with E-state index in [9.17, 15) is 4.79 Å².